The highest BCUT2D eigenvalue weighted by molar-refractivity contribution is 7.80. The van der Waals surface area contributed by atoms with Crippen LogP contribution in [0.5, 0.6) is 0 Å². The van der Waals surface area contributed by atoms with Gasteiger partial charge in [-0.3, -0.25) is 15.6 Å². The molecule has 6 heteroatoms. The van der Waals surface area contributed by atoms with Gasteiger partial charge in [-0.25, -0.2) is 0 Å². The van der Waals surface area contributed by atoms with Crippen LogP contribution in [0.1, 0.15) is 39.0 Å². The van der Waals surface area contributed by atoms with Crippen molar-refractivity contribution in [2.75, 3.05) is 0 Å². The number of fused-ring (bicyclic) bond motifs is 1. The van der Waals surface area contributed by atoms with E-state index in [1.165, 1.54) is 6.08 Å². The zero-order valence-corrected chi connectivity index (χ0v) is 15.2. The predicted molar refractivity (Wildman–Crippen MR) is 101 cm³/mol. The second-order valence-electron chi connectivity index (χ2n) is 6.44. The average Bonchev–Trinajstić information content (AvgIpc) is 2.87. The highest BCUT2D eigenvalue weighted by atomic mass is 32.1. The van der Waals surface area contributed by atoms with Gasteiger partial charge in [0.2, 0.25) is 0 Å². The zero-order chi connectivity index (χ0) is 17.7. The first kappa shape index (κ1) is 18.0. The zero-order valence-electron chi connectivity index (χ0n) is 14.4. The molecule has 0 atom stereocenters. The molecule has 0 bridgehead atoms. The van der Waals surface area contributed by atoms with Gasteiger partial charge in [-0.05, 0) is 45.1 Å². The predicted octanol–water partition coefficient (Wildman–Crippen LogP) is 3.30. The van der Waals surface area contributed by atoms with Gasteiger partial charge in [0.25, 0.3) is 5.91 Å². The normalized spacial score (nSPS) is 11.7. The molecule has 0 spiro atoms. The Kier molecular flexibility index (Phi) is 5.62. The number of furan rings is 1. The van der Waals surface area contributed by atoms with E-state index in [2.05, 4.69) is 16.2 Å². The fourth-order valence-corrected chi connectivity index (χ4v) is 2.61. The van der Waals surface area contributed by atoms with Crippen molar-refractivity contribution >= 4 is 40.3 Å². The van der Waals surface area contributed by atoms with Crippen LogP contribution in [0.3, 0.4) is 0 Å². The lowest BCUT2D eigenvalue weighted by atomic mass is 10.1. The number of hydrogen-bond donors (Lipinski definition) is 3. The molecule has 128 valence electrons. The summed E-state index contributed by atoms with van der Waals surface area (Å²) >= 11 is 5.11. The number of benzene rings is 1. The number of carbonyl (C=O) groups excluding carboxylic acids is 1. The van der Waals surface area contributed by atoms with Crippen molar-refractivity contribution in [1.29, 1.82) is 0 Å². The van der Waals surface area contributed by atoms with Crippen LogP contribution in [0.2, 0.25) is 0 Å². The third kappa shape index (κ3) is 4.83. The number of carbonyl (C=O) groups is 1. The molecule has 0 fully saturated rings. The molecule has 2 rings (SSSR count). The van der Waals surface area contributed by atoms with E-state index in [-0.39, 0.29) is 11.4 Å². The van der Waals surface area contributed by atoms with Gasteiger partial charge in [-0.15, -0.1) is 0 Å². The van der Waals surface area contributed by atoms with Crippen molar-refractivity contribution in [3.8, 4) is 0 Å². The summed E-state index contributed by atoms with van der Waals surface area (Å²) in [7, 11) is 0. The van der Waals surface area contributed by atoms with Crippen molar-refractivity contribution in [1.82, 2.24) is 16.2 Å². The molecule has 3 N–H and O–H groups in total. The Balaban J connectivity index is 2.03. The third-order valence-electron chi connectivity index (χ3n) is 3.22. The molecule has 0 unspecified atom stereocenters. The van der Waals surface area contributed by atoms with Gasteiger partial charge in [0.1, 0.15) is 11.3 Å². The number of amides is 1. The Labute approximate surface area is 147 Å². The molecule has 1 amide bonds. The molecule has 0 aliphatic rings. The second kappa shape index (κ2) is 7.49. The molecule has 0 aliphatic carbocycles. The average molecular weight is 345 g/mol. The van der Waals surface area contributed by atoms with E-state index >= 15 is 0 Å². The van der Waals surface area contributed by atoms with E-state index in [1.54, 1.807) is 6.08 Å². The third-order valence-corrected chi connectivity index (χ3v) is 3.43. The molecule has 2 aromatic rings. The first-order valence-corrected chi connectivity index (χ1v) is 8.27. The summed E-state index contributed by atoms with van der Waals surface area (Å²) in [6.07, 6.45) is 3.99. The SMILES string of the molecule is CCc1oc2ccccc2c1/C=C/C(=O)NNC(=S)NC(C)(C)C. The van der Waals surface area contributed by atoms with Crippen molar-refractivity contribution in [3.63, 3.8) is 0 Å². The lowest BCUT2D eigenvalue weighted by molar-refractivity contribution is -0.117. The molecular formula is C18H23N3O2S. The number of para-hydroxylation sites is 1. The minimum Gasteiger partial charge on any atom is -0.460 e. The number of nitrogens with one attached hydrogen (secondary N) is 3. The van der Waals surface area contributed by atoms with Crippen molar-refractivity contribution < 1.29 is 9.21 Å². The first-order chi connectivity index (χ1) is 11.3. The van der Waals surface area contributed by atoms with Crippen LogP contribution in [0.4, 0.5) is 0 Å². The smallest absolute Gasteiger partial charge is 0.262 e. The maximum Gasteiger partial charge on any atom is 0.262 e. The lowest BCUT2D eigenvalue weighted by Gasteiger charge is -2.22. The molecule has 0 aliphatic heterocycles. The molecule has 0 radical (unpaired) electrons. The van der Waals surface area contributed by atoms with Crippen LogP contribution in [-0.4, -0.2) is 16.6 Å². The summed E-state index contributed by atoms with van der Waals surface area (Å²) in [6, 6.07) is 7.78. The Hall–Kier alpha value is -2.34. The minimum absolute atomic E-state index is 0.170. The van der Waals surface area contributed by atoms with E-state index in [0.717, 1.165) is 28.7 Å². The van der Waals surface area contributed by atoms with E-state index in [9.17, 15) is 4.79 Å². The first-order valence-electron chi connectivity index (χ1n) is 7.87. The van der Waals surface area contributed by atoms with Gasteiger partial charge in [-0.2, -0.15) is 0 Å². The maximum atomic E-state index is 12.0. The number of rotatable bonds is 3. The standard InChI is InChI=1S/C18H23N3O2S/c1-5-14-13(12-8-6-7-9-15(12)23-14)10-11-16(22)20-21-17(24)19-18(2,3)4/h6-11H,5H2,1-4H3,(H,20,22)(H2,19,21,24)/b11-10+. The van der Waals surface area contributed by atoms with Gasteiger partial charge in [-0.1, -0.05) is 25.1 Å². The van der Waals surface area contributed by atoms with Crippen LogP contribution in [0.25, 0.3) is 17.0 Å². The molecule has 24 heavy (non-hydrogen) atoms. The molecule has 5 nitrogen and oxygen atoms in total. The van der Waals surface area contributed by atoms with Crippen LogP contribution in [0, 0.1) is 0 Å². The summed E-state index contributed by atoms with van der Waals surface area (Å²) in [5.74, 6) is 0.568. The largest absolute Gasteiger partial charge is 0.460 e. The number of aryl methyl sites for hydroxylation is 1. The number of hydrogen-bond acceptors (Lipinski definition) is 3. The molecule has 1 heterocycles. The van der Waals surface area contributed by atoms with E-state index < -0.39 is 0 Å². The van der Waals surface area contributed by atoms with Crippen molar-refractivity contribution in [2.45, 2.75) is 39.7 Å². The van der Waals surface area contributed by atoms with Gasteiger partial charge in [0, 0.05) is 29.0 Å². The summed E-state index contributed by atoms with van der Waals surface area (Å²) < 4.78 is 5.80. The topological polar surface area (TPSA) is 66.3 Å². The monoisotopic (exact) mass is 345 g/mol. The van der Waals surface area contributed by atoms with Crippen LogP contribution >= 0.6 is 12.2 Å². The summed E-state index contributed by atoms with van der Waals surface area (Å²) in [5.41, 5.74) is 6.81. The highest BCUT2D eigenvalue weighted by Gasteiger charge is 2.12. The number of thiocarbonyl (C=S) groups is 1. The Morgan fingerprint density at radius 3 is 2.62 bits per heavy atom. The maximum absolute atomic E-state index is 12.0. The summed E-state index contributed by atoms with van der Waals surface area (Å²) in [4.78, 5) is 12.0. The van der Waals surface area contributed by atoms with Gasteiger partial charge in [0.05, 0.1) is 0 Å². The van der Waals surface area contributed by atoms with Crippen molar-refractivity contribution in [2.24, 2.45) is 0 Å². The summed E-state index contributed by atoms with van der Waals surface area (Å²) in [5, 5.41) is 4.42. The molecule has 0 saturated heterocycles. The Morgan fingerprint density at radius 2 is 1.96 bits per heavy atom. The van der Waals surface area contributed by atoms with Gasteiger partial charge >= 0.3 is 0 Å². The van der Waals surface area contributed by atoms with E-state index in [1.807, 2.05) is 52.0 Å². The molecule has 0 saturated carbocycles. The fraction of sp³-hybridized carbons (Fsp3) is 0.333. The van der Waals surface area contributed by atoms with Gasteiger partial charge in [0.15, 0.2) is 5.11 Å². The van der Waals surface area contributed by atoms with Gasteiger partial charge < -0.3 is 9.73 Å². The lowest BCUT2D eigenvalue weighted by Crippen LogP contribution is -2.51. The van der Waals surface area contributed by atoms with E-state index in [4.69, 9.17) is 16.6 Å². The quantitative estimate of drug-likeness (QED) is 0.452. The van der Waals surface area contributed by atoms with Crippen LogP contribution < -0.4 is 16.2 Å². The van der Waals surface area contributed by atoms with Crippen molar-refractivity contribution in [3.05, 3.63) is 41.7 Å². The van der Waals surface area contributed by atoms with Crippen LogP contribution in [-0.2, 0) is 11.2 Å². The van der Waals surface area contributed by atoms with E-state index in [0.29, 0.717) is 5.11 Å². The minimum atomic E-state index is -0.291. The Bertz CT molecular complexity index is 772. The molecule has 1 aromatic carbocycles. The Morgan fingerprint density at radius 1 is 1.25 bits per heavy atom. The number of hydrazine groups is 1. The fourth-order valence-electron chi connectivity index (χ4n) is 2.25. The molecular weight excluding hydrogens is 322 g/mol. The second-order valence-corrected chi connectivity index (χ2v) is 6.85. The van der Waals surface area contributed by atoms with Crippen LogP contribution in [0.15, 0.2) is 34.8 Å². The molecule has 1 aromatic heterocycles. The highest BCUT2D eigenvalue weighted by Crippen LogP contribution is 2.27. The summed E-state index contributed by atoms with van der Waals surface area (Å²) in [6.45, 7) is 7.98.